The van der Waals surface area contributed by atoms with Crippen LogP contribution in [0.4, 0.5) is 0 Å². The Morgan fingerprint density at radius 1 is 0.444 bits per heavy atom. The lowest BCUT2D eigenvalue weighted by Gasteiger charge is -1.95. The van der Waals surface area contributed by atoms with Crippen molar-refractivity contribution in [2.75, 3.05) is 0 Å². The van der Waals surface area contributed by atoms with Crippen LogP contribution in [0, 0.1) is 13.8 Å². The zero-order valence-electron chi connectivity index (χ0n) is 19.9. The second-order valence-electron chi connectivity index (χ2n) is 9.22. The largest absolute Gasteiger partial charge is 0.134 e. The summed E-state index contributed by atoms with van der Waals surface area (Å²) < 4.78 is 8.39. The minimum atomic E-state index is 1.25. The maximum Gasteiger partial charge on any atom is 0.0536 e. The zero-order chi connectivity index (χ0) is 24.2. The molecule has 0 N–H and O–H groups in total. The van der Waals surface area contributed by atoms with E-state index in [9.17, 15) is 0 Å². The van der Waals surface area contributed by atoms with Crippen LogP contribution in [0.15, 0.2) is 72.8 Å². The molecule has 7 rings (SSSR count). The van der Waals surface area contributed by atoms with Gasteiger partial charge >= 0.3 is 0 Å². The van der Waals surface area contributed by atoms with Crippen LogP contribution in [0.2, 0.25) is 0 Å². The molecule has 0 fully saturated rings. The molecule has 0 spiro atoms. The Morgan fingerprint density at radius 2 is 0.861 bits per heavy atom. The summed E-state index contributed by atoms with van der Waals surface area (Å²) in [6.45, 7) is 4.26. The molecule has 0 nitrogen and oxygen atoms in total. The standard InChI is InChI=1S/C32H22S4/c1-19-3-7-21(8-4-19)11-13-23-15-29-31(33-23)25-17-28-26(18-27(25)35-29)32-30(36-28)16-24(34-32)14-12-22-9-5-20(2)6-10-22/h3-18H,1-2H3/b13-11+,14-12+. The van der Waals surface area contributed by atoms with Crippen LogP contribution < -0.4 is 0 Å². The number of fused-ring (bicyclic) bond motifs is 6. The maximum absolute atomic E-state index is 2.42. The summed E-state index contributed by atoms with van der Waals surface area (Å²) in [5, 5.41) is 2.80. The fraction of sp³-hybridized carbons (Fsp3) is 0.0625. The lowest BCUT2D eigenvalue weighted by Crippen LogP contribution is -1.72. The molecule has 0 amide bonds. The van der Waals surface area contributed by atoms with Gasteiger partial charge in [-0.25, -0.2) is 0 Å². The van der Waals surface area contributed by atoms with Crippen molar-refractivity contribution < 1.29 is 0 Å². The first kappa shape index (κ1) is 22.2. The van der Waals surface area contributed by atoms with E-state index in [1.807, 2.05) is 45.3 Å². The highest BCUT2D eigenvalue weighted by molar-refractivity contribution is 7.34. The summed E-state index contributed by atoms with van der Waals surface area (Å²) >= 11 is 7.65. The molecule has 0 atom stereocenters. The van der Waals surface area contributed by atoms with Crippen molar-refractivity contribution in [1.82, 2.24) is 0 Å². The number of aryl methyl sites for hydroxylation is 2. The van der Waals surface area contributed by atoms with Crippen molar-refractivity contribution in [1.29, 1.82) is 0 Å². The first-order chi connectivity index (χ1) is 17.6. The van der Waals surface area contributed by atoms with E-state index in [2.05, 4.69) is 111 Å². The molecular formula is C32H22S4. The third kappa shape index (κ3) is 4.04. The fourth-order valence-electron chi connectivity index (χ4n) is 4.51. The van der Waals surface area contributed by atoms with Crippen LogP contribution in [-0.4, -0.2) is 0 Å². The third-order valence-corrected chi connectivity index (χ3v) is 11.2. The summed E-state index contributed by atoms with van der Waals surface area (Å²) in [6.07, 6.45) is 8.93. The van der Waals surface area contributed by atoms with Gasteiger partial charge in [0, 0.05) is 39.3 Å². The Morgan fingerprint density at radius 3 is 1.28 bits per heavy atom. The minimum Gasteiger partial charge on any atom is -0.134 e. The molecule has 0 aliphatic rings. The van der Waals surface area contributed by atoms with E-state index in [0.717, 1.165) is 0 Å². The lowest BCUT2D eigenvalue weighted by molar-refractivity contribution is 1.46. The van der Waals surface area contributed by atoms with E-state index < -0.39 is 0 Å². The molecule has 4 aromatic heterocycles. The molecule has 3 aromatic carbocycles. The summed E-state index contributed by atoms with van der Waals surface area (Å²) in [4.78, 5) is 2.63. The number of thiophene rings is 4. The van der Waals surface area contributed by atoms with E-state index >= 15 is 0 Å². The van der Waals surface area contributed by atoms with Crippen molar-refractivity contribution >= 4 is 109 Å². The van der Waals surface area contributed by atoms with Crippen LogP contribution >= 0.6 is 45.3 Å². The first-order valence-corrected chi connectivity index (χ1v) is 15.2. The van der Waals surface area contributed by atoms with E-state index in [1.54, 1.807) is 0 Å². The molecule has 0 unspecified atom stereocenters. The van der Waals surface area contributed by atoms with Gasteiger partial charge in [-0.1, -0.05) is 71.8 Å². The van der Waals surface area contributed by atoms with Crippen molar-refractivity contribution in [2.24, 2.45) is 0 Å². The lowest BCUT2D eigenvalue weighted by atomic mass is 10.1. The highest BCUT2D eigenvalue weighted by Crippen LogP contribution is 2.46. The average Bonchev–Trinajstić information content (AvgIpc) is 3.61. The Bertz CT molecular complexity index is 1790. The van der Waals surface area contributed by atoms with Gasteiger partial charge in [0.25, 0.3) is 0 Å². The van der Waals surface area contributed by atoms with Gasteiger partial charge in [-0.2, -0.15) is 0 Å². The molecule has 4 heteroatoms. The molecule has 0 radical (unpaired) electrons. The summed E-state index contributed by atoms with van der Waals surface area (Å²) in [5.74, 6) is 0. The second-order valence-corrected chi connectivity index (χ2v) is 13.6. The SMILES string of the molecule is Cc1ccc(/C=C/c2cc3sc4cc5c(cc4c3s2)sc2cc(/C=C/c3ccc(C)cc3)sc25)cc1. The van der Waals surface area contributed by atoms with Gasteiger partial charge in [-0.15, -0.1) is 45.3 Å². The smallest absolute Gasteiger partial charge is 0.0536 e. The van der Waals surface area contributed by atoms with Crippen LogP contribution in [0.25, 0.3) is 63.3 Å². The van der Waals surface area contributed by atoms with Gasteiger partial charge in [0.2, 0.25) is 0 Å². The van der Waals surface area contributed by atoms with Crippen molar-refractivity contribution in [3.63, 3.8) is 0 Å². The molecule has 0 saturated carbocycles. The summed E-state index contributed by atoms with van der Waals surface area (Å²) in [5.41, 5.74) is 5.08. The number of hydrogen-bond donors (Lipinski definition) is 0. The predicted molar refractivity (Wildman–Crippen MR) is 168 cm³/mol. The topological polar surface area (TPSA) is 0 Å². The van der Waals surface area contributed by atoms with E-state index in [1.165, 1.54) is 71.0 Å². The van der Waals surface area contributed by atoms with Gasteiger partial charge in [0.1, 0.15) is 0 Å². The van der Waals surface area contributed by atoms with Gasteiger partial charge in [0.15, 0.2) is 0 Å². The summed E-state index contributed by atoms with van der Waals surface area (Å²) in [6, 6.07) is 26.9. The fourth-order valence-corrected chi connectivity index (χ4v) is 9.41. The monoisotopic (exact) mass is 534 g/mol. The Balaban J connectivity index is 1.23. The van der Waals surface area contributed by atoms with Crippen molar-refractivity contribution in [3.8, 4) is 0 Å². The molecular weight excluding hydrogens is 513 g/mol. The predicted octanol–water partition coefficient (Wildman–Crippen LogP) is 11.5. The van der Waals surface area contributed by atoms with Crippen LogP contribution in [-0.2, 0) is 0 Å². The van der Waals surface area contributed by atoms with Crippen LogP contribution in [0.5, 0.6) is 0 Å². The number of benzene rings is 3. The van der Waals surface area contributed by atoms with Gasteiger partial charge < -0.3 is 0 Å². The first-order valence-electron chi connectivity index (χ1n) is 11.9. The summed E-state index contributed by atoms with van der Waals surface area (Å²) in [7, 11) is 0. The minimum absolute atomic E-state index is 1.25. The average molecular weight is 535 g/mol. The molecule has 0 aliphatic carbocycles. The molecule has 0 aliphatic heterocycles. The van der Waals surface area contributed by atoms with Gasteiger partial charge in [-0.05, 0) is 61.4 Å². The molecule has 0 bridgehead atoms. The van der Waals surface area contributed by atoms with E-state index in [-0.39, 0.29) is 0 Å². The Labute approximate surface area is 226 Å². The van der Waals surface area contributed by atoms with E-state index in [4.69, 9.17) is 0 Å². The third-order valence-electron chi connectivity index (χ3n) is 6.48. The Kier molecular flexibility index (Phi) is 5.44. The molecule has 4 heterocycles. The van der Waals surface area contributed by atoms with Gasteiger partial charge in [-0.3, -0.25) is 0 Å². The molecule has 174 valence electrons. The highest BCUT2D eigenvalue weighted by atomic mass is 32.1. The second kappa shape index (κ2) is 8.82. The van der Waals surface area contributed by atoms with Crippen molar-refractivity contribution in [3.05, 3.63) is 105 Å². The van der Waals surface area contributed by atoms with Crippen LogP contribution in [0.1, 0.15) is 32.0 Å². The highest BCUT2D eigenvalue weighted by Gasteiger charge is 2.14. The van der Waals surface area contributed by atoms with Crippen molar-refractivity contribution in [2.45, 2.75) is 13.8 Å². The Hall–Kier alpha value is -3.02. The van der Waals surface area contributed by atoms with Crippen LogP contribution in [0.3, 0.4) is 0 Å². The quantitative estimate of drug-likeness (QED) is 0.211. The molecule has 0 saturated heterocycles. The van der Waals surface area contributed by atoms with Gasteiger partial charge in [0.05, 0.1) is 9.40 Å². The number of hydrogen-bond acceptors (Lipinski definition) is 4. The molecule has 7 aromatic rings. The maximum atomic E-state index is 2.42. The molecule has 36 heavy (non-hydrogen) atoms. The number of rotatable bonds is 4. The zero-order valence-corrected chi connectivity index (χ0v) is 23.1. The normalized spacial score (nSPS) is 12.5. The van der Waals surface area contributed by atoms with E-state index in [0.29, 0.717) is 0 Å².